The molecule has 0 aliphatic carbocycles. The van der Waals surface area contributed by atoms with Crippen molar-refractivity contribution in [2.24, 2.45) is 5.10 Å². The standard InChI is InChI=1S/C12H12N4O2/c1-8-10(12(17)18)11(16-14-8)15-13-7-9-5-3-2-4-6-9/h2-7H,1H3,(H,17,18)(H2,14,15,16)/p-1/b13-7-. The molecule has 1 heterocycles. The van der Waals surface area contributed by atoms with Crippen LogP contribution in [0.5, 0.6) is 0 Å². The minimum atomic E-state index is -1.29. The zero-order valence-electron chi connectivity index (χ0n) is 9.68. The first-order chi connectivity index (χ1) is 8.68. The summed E-state index contributed by atoms with van der Waals surface area (Å²) in [6, 6.07) is 9.41. The molecular weight excluding hydrogens is 232 g/mol. The largest absolute Gasteiger partial charge is 0.545 e. The fourth-order valence-electron chi connectivity index (χ4n) is 1.47. The highest BCUT2D eigenvalue weighted by molar-refractivity contribution is 5.93. The molecule has 92 valence electrons. The summed E-state index contributed by atoms with van der Waals surface area (Å²) in [6.07, 6.45) is 1.57. The average molecular weight is 243 g/mol. The fourth-order valence-corrected chi connectivity index (χ4v) is 1.47. The Kier molecular flexibility index (Phi) is 3.38. The summed E-state index contributed by atoms with van der Waals surface area (Å²) in [5.74, 6) is -1.15. The number of carboxylic acids is 1. The number of benzene rings is 1. The van der Waals surface area contributed by atoms with Gasteiger partial charge < -0.3 is 9.90 Å². The number of carboxylic acid groups (broad SMARTS) is 1. The van der Waals surface area contributed by atoms with E-state index in [2.05, 4.69) is 20.7 Å². The topological polar surface area (TPSA) is 93.2 Å². The summed E-state index contributed by atoms with van der Waals surface area (Å²) in [6.45, 7) is 1.60. The molecule has 0 bridgehead atoms. The third-order valence-electron chi connectivity index (χ3n) is 2.33. The first kappa shape index (κ1) is 11.8. The highest BCUT2D eigenvalue weighted by Gasteiger charge is 2.09. The highest BCUT2D eigenvalue weighted by Crippen LogP contribution is 2.14. The van der Waals surface area contributed by atoms with Gasteiger partial charge >= 0.3 is 0 Å². The first-order valence-electron chi connectivity index (χ1n) is 5.29. The Morgan fingerprint density at radius 2 is 2.17 bits per heavy atom. The van der Waals surface area contributed by atoms with Crippen molar-refractivity contribution in [2.75, 3.05) is 5.43 Å². The lowest BCUT2D eigenvalue weighted by Crippen LogP contribution is -2.23. The second kappa shape index (κ2) is 5.13. The molecule has 2 N–H and O–H groups in total. The van der Waals surface area contributed by atoms with Crippen LogP contribution < -0.4 is 10.5 Å². The maximum Gasteiger partial charge on any atom is 0.177 e. The number of aromatic carboxylic acids is 1. The number of anilines is 1. The lowest BCUT2D eigenvalue weighted by molar-refractivity contribution is -0.254. The van der Waals surface area contributed by atoms with Gasteiger partial charge in [0.15, 0.2) is 5.82 Å². The molecule has 0 amide bonds. The molecule has 0 aliphatic rings. The second-order valence-corrected chi connectivity index (χ2v) is 3.64. The summed E-state index contributed by atoms with van der Waals surface area (Å²) in [7, 11) is 0. The predicted molar refractivity (Wildman–Crippen MR) is 65.3 cm³/mol. The van der Waals surface area contributed by atoms with Gasteiger partial charge in [-0.1, -0.05) is 30.3 Å². The van der Waals surface area contributed by atoms with Crippen LogP contribution in [0.2, 0.25) is 0 Å². The van der Waals surface area contributed by atoms with Crippen LogP contribution >= 0.6 is 0 Å². The van der Waals surface area contributed by atoms with Gasteiger partial charge in [-0.15, -0.1) is 0 Å². The van der Waals surface area contributed by atoms with E-state index in [1.54, 1.807) is 13.1 Å². The highest BCUT2D eigenvalue weighted by atomic mass is 16.4. The molecule has 0 saturated heterocycles. The molecule has 2 rings (SSSR count). The Labute approximate surface area is 103 Å². The molecule has 0 atom stereocenters. The molecule has 0 radical (unpaired) electrons. The number of nitrogens with zero attached hydrogens (tertiary/aromatic N) is 2. The number of aromatic amines is 1. The van der Waals surface area contributed by atoms with E-state index in [1.165, 1.54) is 0 Å². The number of aromatic nitrogens is 2. The molecule has 0 fully saturated rings. The van der Waals surface area contributed by atoms with Crippen LogP contribution in [-0.2, 0) is 0 Å². The lowest BCUT2D eigenvalue weighted by atomic mass is 10.2. The van der Waals surface area contributed by atoms with Gasteiger partial charge in [-0.3, -0.25) is 10.5 Å². The van der Waals surface area contributed by atoms with Gasteiger partial charge in [0, 0.05) is 5.69 Å². The molecule has 0 aliphatic heterocycles. The van der Waals surface area contributed by atoms with Gasteiger partial charge in [-0.2, -0.15) is 10.2 Å². The van der Waals surface area contributed by atoms with Crippen LogP contribution in [0, 0.1) is 6.92 Å². The third-order valence-corrected chi connectivity index (χ3v) is 2.33. The minimum absolute atomic E-state index is 0.0137. The quantitative estimate of drug-likeness (QED) is 0.605. The predicted octanol–water partition coefficient (Wildman–Crippen LogP) is 0.528. The van der Waals surface area contributed by atoms with Gasteiger partial charge in [-0.25, -0.2) is 0 Å². The van der Waals surface area contributed by atoms with E-state index in [4.69, 9.17) is 0 Å². The van der Waals surface area contributed by atoms with Crippen molar-refractivity contribution in [1.82, 2.24) is 10.2 Å². The summed E-state index contributed by atoms with van der Waals surface area (Å²) in [4.78, 5) is 10.9. The van der Waals surface area contributed by atoms with Gasteiger partial charge in [0.2, 0.25) is 0 Å². The normalized spacial score (nSPS) is 10.7. The molecule has 2 aromatic rings. The molecule has 0 unspecified atom stereocenters. The van der Waals surface area contributed by atoms with E-state index in [9.17, 15) is 9.90 Å². The van der Waals surface area contributed by atoms with Crippen LogP contribution in [-0.4, -0.2) is 22.4 Å². The van der Waals surface area contributed by atoms with Crippen molar-refractivity contribution in [1.29, 1.82) is 0 Å². The Morgan fingerprint density at radius 1 is 1.44 bits per heavy atom. The fraction of sp³-hybridized carbons (Fsp3) is 0.0833. The molecule has 1 aromatic heterocycles. The van der Waals surface area contributed by atoms with E-state index in [1.807, 2.05) is 30.3 Å². The maximum absolute atomic E-state index is 10.9. The number of carbonyl (C=O) groups is 1. The number of aryl methyl sites for hydroxylation is 1. The Hall–Kier alpha value is -2.63. The van der Waals surface area contributed by atoms with Crippen molar-refractivity contribution < 1.29 is 9.90 Å². The van der Waals surface area contributed by atoms with Crippen molar-refractivity contribution in [3.05, 3.63) is 47.2 Å². The molecule has 0 spiro atoms. The van der Waals surface area contributed by atoms with Crippen LogP contribution in [0.15, 0.2) is 35.4 Å². The van der Waals surface area contributed by atoms with E-state index in [0.29, 0.717) is 5.69 Å². The number of carbonyl (C=O) groups excluding carboxylic acids is 1. The SMILES string of the molecule is Cc1[nH]nc(N/N=C\c2ccccc2)c1C(=O)[O-]. The number of H-pyrrole nitrogens is 1. The summed E-state index contributed by atoms with van der Waals surface area (Å²) >= 11 is 0. The third kappa shape index (κ3) is 2.54. The molecule has 6 nitrogen and oxygen atoms in total. The van der Waals surface area contributed by atoms with E-state index in [0.717, 1.165) is 5.56 Å². The smallest absolute Gasteiger partial charge is 0.177 e. The number of hydrogen-bond donors (Lipinski definition) is 2. The van der Waals surface area contributed by atoms with E-state index < -0.39 is 5.97 Å². The van der Waals surface area contributed by atoms with E-state index in [-0.39, 0.29) is 11.4 Å². The van der Waals surface area contributed by atoms with E-state index >= 15 is 0 Å². The average Bonchev–Trinajstić information content (AvgIpc) is 2.72. The Morgan fingerprint density at radius 3 is 2.83 bits per heavy atom. The van der Waals surface area contributed by atoms with Gasteiger partial charge in [0.1, 0.15) is 0 Å². The number of rotatable bonds is 4. The van der Waals surface area contributed by atoms with Crippen LogP contribution in [0.25, 0.3) is 0 Å². The first-order valence-corrected chi connectivity index (χ1v) is 5.29. The monoisotopic (exact) mass is 243 g/mol. The van der Waals surface area contributed by atoms with Crippen molar-refractivity contribution in [3.8, 4) is 0 Å². The molecular formula is C12H11N4O2-. The van der Waals surface area contributed by atoms with Crippen LogP contribution in [0.3, 0.4) is 0 Å². The zero-order valence-corrected chi connectivity index (χ0v) is 9.68. The summed E-state index contributed by atoms with van der Waals surface area (Å²) in [5, 5.41) is 21.2. The molecule has 1 aromatic carbocycles. The maximum atomic E-state index is 10.9. The lowest BCUT2D eigenvalue weighted by Gasteiger charge is -2.02. The van der Waals surface area contributed by atoms with Crippen molar-refractivity contribution >= 4 is 18.0 Å². The van der Waals surface area contributed by atoms with Gasteiger partial charge in [0.05, 0.1) is 17.7 Å². The molecule has 0 saturated carbocycles. The Balaban J connectivity index is 2.12. The number of hydrazone groups is 1. The summed E-state index contributed by atoms with van der Waals surface area (Å²) < 4.78 is 0. The Bertz CT molecular complexity index is 575. The minimum Gasteiger partial charge on any atom is -0.545 e. The molecule has 6 heteroatoms. The van der Waals surface area contributed by atoms with Gasteiger partial charge in [-0.05, 0) is 12.5 Å². The molecule has 18 heavy (non-hydrogen) atoms. The van der Waals surface area contributed by atoms with Gasteiger partial charge in [0.25, 0.3) is 0 Å². The zero-order chi connectivity index (χ0) is 13.0. The van der Waals surface area contributed by atoms with Crippen LogP contribution in [0.1, 0.15) is 21.6 Å². The second-order valence-electron chi connectivity index (χ2n) is 3.64. The summed E-state index contributed by atoms with van der Waals surface area (Å²) in [5.41, 5.74) is 3.88. The number of nitrogens with one attached hydrogen (secondary N) is 2. The number of hydrogen-bond acceptors (Lipinski definition) is 5. The van der Waals surface area contributed by atoms with Crippen molar-refractivity contribution in [2.45, 2.75) is 6.92 Å². The van der Waals surface area contributed by atoms with Crippen molar-refractivity contribution in [3.63, 3.8) is 0 Å². The van der Waals surface area contributed by atoms with Crippen LogP contribution in [0.4, 0.5) is 5.82 Å².